The van der Waals surface area contributed by atoms with Crippen molar-refractivity contribution >= 4 is 11.9 Å². The molecule has 3 atom stereocenters. The molecule has 4 heteroatoms. The van der Waals surface area contributed by atoms with E-state index in [1.165, 1.54) is 44.9 Å². The van der Waals surface area contributed by atoms with E-state index in [-0.39, 0.29) is 23.8 Å². The Labute approximate surface area is 198 Å². The Bertz CT molecular complexity index is 488. The Kier molecular flexibility index (Phi) is 16.6. The molecular weight excluding hydrogens is 400 g/mol. The number of carbonyl (C=O) groups excluding carboxylic acids is 2. The number of unbranched alkanes of at least 4 members (excludes halogenated alkanes) is 6. The monoisotopic (exact) mass is 452 g/mol. The van der Waals surface area contributed by atoms with Crippen LogP contribution >= 0.6 is 0 Å². The van der Waals surface area contributed by atoms with Gasteiger partial charge in [-0.3, -0.25) is 9.59 Å². The van der Waals surface area contributed by atoms with Crippen LogP contribution in [0.4, 0.5) is 0 Å². The maximum atomic E-state index is 12.8. The number of hydrogen-bond donors (Lipinski definition) is 0. The van der Waals surface area contributed by atoms with Gasteiger partial charge in [-0.1, -0.05) is 98.3 Å². The summed E-state index contributed by atoms with van der Waals surface area (Å²) in [5, 5.41) is 0. The van der Waals surface area contributed by atoms with Gasteiger partial charge in [0, 0.05) is 0 Å². The van der Waals surface area contributed by atoms with E-state index >= 15 is 0 Å². The van der Waals surface area contributed by atoms with Gasteiger partial charge in [0.25, 0.3) is 0 Å². The van der Waals surface area contributed by atoms with Gasteiger partial charge in [0.15, 0.2) is 0 Å². The zero-order chi connectivity index (χ0) is 23.6. The second kappa shape index (κ2) is 18.4. The third-order valence-electron chi connectivity index (χ3n) is 6.92. The summed E-state index contributed by atoms with van der Waals surface area (Å²) in [6.07, 6.45) is 17.6. The smallest absolute Gasteiger partial charge is 0.309 e. The van der Waals surface area contributed by atoms with Gasteiger partial charge in [-0.05, 0) is 43.9 Å². The SMILES string of the molecule is CCCCCC(CCC)COC(=O)C1CCCCC1C(=O)OCCCCCCCC(C)C. The summed E-state index contributed by atoms with van der Waals surface area (Å²) in [5.41, 5.74) is 0. The Morgan fingerprint density at radius 2 is 1.31 bits per heavy atom. The van der Waals surface area contributed by atoms with Crippen molar-refractivity contribution in [2.45, 2.75) is 130 Å². The highest BCUT2D eigenvalue weighted by Gasteiger charge is 2.38. The van der Waals surface area contributed by atoms with Crippen molar-refractivity contribution in [1.82, 2.24) is 0 Å². The lowest BCUT2D eigenvalue weighted by molar-refractivity contribution is -0.163. The van der Waals surface area contributed by atoms with E-state index in [9.17, 15) is 9.59 Å². The zero-order valence-corrected chi connectivity index (χ0v) is 21.7. The van der Waals surface area contributed by atoms with Crippen LogP contribution in [-0.2, 0) is 19.1 Å². The minimum Gasteiger partial charge on any atom is -0.465 e. The van der Waals surface area contributed by atoms with Crippen LogP contribution in [0.5, 0.6) is 0 Å². The Hall–Kier alpha value is -1.06. The van der Waals surface area contributed by atoms with Crippen LogP contribution in [0.15, 0.2) is 0 Å². The minimum atomic E-state index is -0.315. The van der Waals surface area contributed by atoms with Crippen molar-refractivity contribution < 1.29 is 19.1 Å². The molecule has 1 fully saturated rings. The molecule has 0 aliphatic heterocycles. The van der Waals surface area contributed by atoms with Gasteiger partial charge < -0.3 is 9.47 Å². The summed E-state index contributed by atoms with van der Waals surface area (Å²) in [6.45, 7) is 9.93. The lowest BCUT2D eigenvalue weighted by Gasteiger charge is -2.29. The van der Waals surface area contributed by atoms with Gasteiger partial charge in [0.1, 0.15) is 0 Å². The molecule has 0 saturated heterocycles. The molecule has 0 radical (unpaired) electrons. The second-order valence-corrected chi connectivity index (χ2v) is 10.4. The first kappa shape index (κ1) is 29.0. The van der Waals surface area contributed by atoms with Gasteiger partial charge in [0.2, 0.25) is 0 Å². The summed E-state index contributed by atoms with van der Waals surface area (Å²) in [6, 6.07) is 0. The van der Waals surface area contributed by atoms with Crippen LogP contribution in [0.2, 0.25) is 0 Å². The van der Waals surface area contributed by atoms with Crippen molar-refractivity contribution in [2.75, 3.05) is 13.2 Å². The molecule has 188 valence electrons. The topological polar surface area (TPSA) is 52.6 Å². The van der Waals surface area contributed by atoms with E-state index < -0.39 is 0 Å². The van der Waals surface area contributed by atoms with Crippen molar-refractivity contribution in [3.8, 4) is 0 Å². The fourth-order valence-electron chi connectivity index (χ4n) is 4.87. The highest BCUT2D eigenvalue weighted by Crippen LogP contribution is 2.32. The average molecular weight is 453 g/mol. The Balaban J connectivity index is 2.35. The Morgan fingerprint density at radius 1 is 0.719 bits per heavy atom. The molecule has 1 rings (SSSR count). The van der Waals surface area contributed by atoms with Gasteiger partial charge in [-0.15, -0.1) is 0 Å². The normalized spacial score (nSPS) is 19.7. The molecule has 0 heterocycles. The predicted octanol–water partition coefficient (Wildman–Crippen LogP) is 7.87. The van der Waals surface area contributed by atoms with Crippen LogP contribution < -0.4 is 0 Å². The van der Waals surface area contributed by atoms with E-state index in [1.807, 2.05) is 0 Å². The fraction of sp³-hybridized carbons (Fsp3) is 0.929. The predicted molar refractivity (Wildman–Crippen MR) is 132 cm³/mol. The van der Waals surface area contributed by atoms with Crippen molar-refractivity contribution in [3.05, 3.63) is 0 Å². The highest BCUT2D eigenvalue weighted by atomic mass is 16.5. The maximum absolute atomic E-state index is 12.8. The van der Waals surface area contributed by atoms with Crippen LogP contribution in [0.25, 0.3) is 0 Å². The molecule has 0 N–H and O–H groups in total. The number of carbonyl (C=O) groups is 2. The lowest BCUT2D eigenvalue weighted by Crippen LogP contribution is -2.35. The van der Waals surface area contributed by atoms with E-state index in [1.54, 1.807) is 0 Å². The summed E-state index contributed by atoms with van der Waals surface area (Å²) >= 11 is 0. The molecule has 0 aromatic carbocycles. The van der Waals surface area contributed by atoms with Gasteiger partial charge in [-0.25, -0.2) is 0 Å². The third-order valence-corrected chi connectivity index (χ3v) is 6.92. The van der Waals surface area contributed by atoms with E-state index in [4.69, 9.17) is 9.47 Å². The number of esters is 2. The summed E-state index contributed by atoms with van der Waals surface area (Å²) in [5.74, 6) is 0.250. The van der Waals surface area contributed by atoms with Gasteiger partial charge >= 0.3 is 11.9 Å². The van der Waals surface area contributed by atoms with Crippen LogP contribution in [-0.4, -0.2) is 25.2 Å². The molecule has 0 aromatic heterocycles. The average Bonchev–Trinajstić information content (AvgIpc) is 2.78. The molecule has 4 nitrogen and oxygen atoms in total. The van der Waals surface area contributed by atoms with Crippen molar-refractivity contribution in [2.24, 2.45) is 23.7 Å². The number of rotatable bonds is 18. The van der Waals surface area contributed by atoms with E-state index in [0.29, 0.717) is 19.1 Å². The fourth-order valence-corrected chi connectivity index (χ4v) is 4.87. The largest absolute Gasteiger partial charge is 0.465 e. The summed E-state index contributed by atoms with van der Waals surface area (Å²) in [4.78, 5) is 25.6. The van der Waals surface area contributed by atoms with Crippen LogP contribution in [0.3, 0.4) is 0 Å². The number of hydrogen-bond acceptors (Lipinski definition) is 4. The number of ether oxygens (including phenoxy) is 2. The minimum absolute atomic E-state index is 0.173. The third kappa shape index (κ3) is 12.8. The van der Waals surface area contributed by atoms with Crippen LogP contribution in [0.1, 0.15) is 130 Å². The summed E-state index contributed by atoms with van der Waals surface area (Å²) < 4.78 is 11.3. The maximum Gasteiger partial charge on any atom is 0.309 e. The molecule has 1 aliphatic rings. The molecule has 32 heavy (non-hydrogen) atoms. The standard InChI is InChI=1S/C28H52O4/c1-5-7-11-18-24(16-6-2)22-32-28(30)26-20-14-13-19-25(26)27(29)31-21-15-10-8-9-12-17-23(3)4/h23-26H,5-22H2,1-4H3. The first-order valence-electron chi connectivity index (χ1n) is 13.8. The Morgan fingerprint density at radius 3 is 1.94 bits per heavy atom. The van der Waals surface area contributed by atoms with Crippen LogP contribution in [0, 0.1) is 23.7 Å². The van der Waals surface area contributed by atoms with Gasteiger partial charge in [0.05, 0.1) is 25.0 Å². The molecular formula is C28H52O4. The first-order valence-corrected chi connectivity index (χ1v) is 13.8. The van der Waals surface area contributed by atoms with E-state index in [0.717, 1.165) is 63.7 Å². The van der Waals surface area contributed by atoms with Gasteiger partial charge in [-0.2, -0.15) is 0 Å². The van der Waals surface area contributed by atoms with Crippen molar-refractivity contribution in [1.29, 1.82) is 0 Å². The first-order chi connectivity index (χ1) is 15.5. The summed E-state index contributed by atoms with van der Waals surface area (Å²) in [7, 11) is 0. The molecule has 0 aromatic rings. The van der Waals surface area contributed by atoms with Crippen molar-refractivity contribution in [3.63, 3.8) is 0 Å². The molecule has 0 bridgehead atoms. The highest BCUT2D eigenvalue weighted by molar-refractivity contribution is 5.82. The molecule has 0 amide bonds. The molecule has 3 unspecified atom stereocenters. The quantitative estimate of drug-likeness (QED) is 0.157. The molecule has 1 aliphatic carbocycles. The molecule has 1 saturated carbocycles. The van der Waals surface area contributed by atoms with E-state index in [2.05, 4.69) is 27.7 Å². The zero-order valence-electron chi connectivity index (χ0n) is 21.7. The molecule has 0 spiro atoms. The lowest BCUT2D eigenvalue weighted by atomic mass is 9.79. The second-order valence-electron chi connectivity index (χ2n) is 10.4.